The summed E-state index contributed by atoms with van der Waals surface area (Å²) in [6.07, 6.45) is 2.91. The summed E-state index contributed by atoms with van der Waals surface area (Å²) in [5, 5.41) is 8.85. The fourth-order valence-corrected chi connectivity index (χ4v) is 2.68. The molecular formula is C15H17FN2O2. The van der Waals surface area contributed by atoms with E-state index in [1.807, 2.05) is 6.92 Å². The van der Waals surface area contributed by atoms with Crippen LogP contribution in [0, 0.1) is 11.7 Å². The molecule has 5 heteroatoms. The molecule has 1 aliphatic rings. The summed E-state index contributed by atoms with van der Waals surface area (Å²) in [7, 11) is 0. The van der Waals surface area contributed by atoms with Gasteiger partial charge in [-0.25, -0.2) is 9.37 Å². The molecule has 0 saturated heterocycles. The van der Waals surface area contributed by atoms with Gasteiger partial charge in [-0.3, -0.25) is 4.79 Å². The largest absolute Gasteiger partial charge is 0.481 e. The number of hydrogen-bond donors (Lipinski definition) is 1. The molecule has 1 unspecified atom stereocenters. The lowest BCUT2D eigenvalue weighted by molar-refractivity contribution is -0.137. The molecule has 1 atom stereocenters. The van der Waals surface area contributed by atoms with E-state index in [4.69, 9.17) is 5.11 Å². The van der Waals surface area contributed by atoms with Crippen LogP contribution in [-0.4, -0.2) is 20.6 Å². The van der Waals surface area contributed by atoms with E-state index in [2.05, 4.69) is 9.55 Å². The first-order valence-electron chi connectivity index (χ1n) is 6.92. The topological polar surface area (TPSA) is 55.1 Å². The van der Waals surface area contributed by atoms with Crippen molar-refractivity contribution in [2.75, 3.05) is 0 Å². The highest BCUT2D eigenvalue weighted by atomic mass is 19.1. The van der Waals surface area contributed by atoms with Crippen LogP contribution in [0.1, 0.15) is 38.1 Å². The van der Waals surface area contributed by atoms with Crippen LogP contribution < -0.4 is 0 Å². The minimum absolute atomic E-state index is 0.0201. The van der Waals surface area contributed by atoms with E-state index in [0.717, 1.165) is 29.7 Å². The number of carboxylic acids is 1. The van der Waals surface area contributed by atoms with E-state index in [-0.39, 0.29) is 18.2 Å². The van der Waals surface area contributed by atoms with Gasteiger partial charge >= 0.3 is 5.97 Å². The number of hydrogen-bond acceptors (Lipinski definition) is 2. The number of halogens is 1. The van der Waals surface area contributed by atoms with Gasteiger partial charge in [0, 0.05) is 18.9 Å². The maximum Gasteiger partial charge on any atom is 0.303 e. The van der Waals surface area contributed by atoms with Crippen LogP contribution in [0.2, 0.25) is 0 Å². The molecule has 1 N–H and O–H groups in total. The summed E-state index contributed by atoms with van der Waals surface area (Å²) in [5.74, 6) is -0.157. The van der Waals surface area contributed by atoms with Crippen LogP contribution >= 0.6 is 0 Å². The van der Waals surface area contributed by atoms with Gasteiger partial charge in [-0.2, -0.15) is 0 Å². The molecule has 1 saturated carbocycles. The van der Waals surface area contributed by atoms with Gasteiger partial charge in [-0.15, -0.1) is 0 Å². The van der Waals surface area contributed by atoms with Crippen LogP contribution in [0.4, 0.5) is 4.39 Å². The summed E-state index contributed by atoms with van der Waals surface area (Å²) in [4.78, 5) is 15.3. The van der Waals surface area contributed by atoms with Crippen molar-refractivity contribution in [1.82, 2.24) is 9.55 Å². The van der Waals surface area contributed by atoms with Crippen molar-refractivity contribution in [2.24, 2.45) is 5.92 Å². The Morgan fingerprint density at radius 2 is 2.30 bits per heavy atom. The van der Waals surface area contributed by atoms with Crippen LogP contribution in [0.5, 0.6) is 0 Å². The Bertz CT molecular complexity index is 661. The number of imidazole rings is 1. The fraction of sp³-hybridized carbons (Fsp3) is 0.467. The minimum Gasteiger partial charge on any atom is -0.481 e. The number of rotatable bonds is 5. The average Bonchev–Trinajstić information content (AvgIpc) is 3.11. The fourth-order valence-electron chi connectivity index (χ4n) is 2.68. The monoisotopic (exact) mass is 276 g/mol. The second-order valence-corrected chi connectivity index (χ2v) is 5.67. The zero-order valence-electron chi connectivity index (χ0n) is 11.3. The van der Waals surface area contributed by atoms with Crippen LogP contribution in [0.3, 0.4) is 0 Å². The van der Waals surface area contributed by atoms with Gasteiger partial charge in [0.15, 0.2) is 0 Å². The first-order chi connectivity index (χ1) is 9.54. The summed E-state index contributed by atoms with van der Waals surface area (Å²) >= 11 is 0. The van der Waals surface area contributed by atoms with Crippen molar-refractivity contribution < 1.29 is 14.3 Å². The first-order valence-corrected chi connectivity index (χ1v) is 6.92. The quantitative estimate of drug-likeness (QED) is 0.912. The number of nitrogens with zero attached hydrogens (tertiary/aromatic N) is 2. The molecule has 1 aliphatic carbocycles. The lowest BCUT2D eigenvalue weighted by Crippen LogP contribution is -2.11. The zero-order valence-corrected chi connectivity index (χ0v) is 11.3. The summed E-state index contributed by atoms with van der Waals surface area (Å²) in [6, 6.07) is 5.02. The van der Waals surface area contributed by atoms with Crippen molar-refractivity contribution in [3.8, 4) is 0 Å². The number of fused-ring (bicyclic) bond motifs is 1. The van der Waals surface area contributed by atoms with Gasteiger partial charge in [0.2, 0.25) is 0 Å². The molecule has 0 spiro atoms. The second kappa shape index (κ2) is 4.89. The molecule has 0 aliphatic heterocycles. The number of aromatic nitrogens is 2. The molecule has 1 aromatic heterocycles. The lowest BCUT2D eigenvalue weighted by atomic mass is 10.0. The Balaban J connectivity index is 1.97. The zero-order chi connectivity index (χ0) is 14.3. The van der Waals surface area contributed by atoms with Crippen molar-refractivity contribution in [3.63, 3.8) is 0 Å². The number of carbonyl (C=O) groups is 1. The predicted octanol–water partition coefficient (Wildman–Crippen LogP) is 3.16. The summed E-state index contributed by atoms with van der Waals surface area (Å²) < 4.78 is 15.5. The molecule has 1 heterocycles. The van der Waals surface area contributed by atoms with E-state index in [9.17, 15) is 9.18 Å². The highest BCUT2D eigenvalue weighted by molar-refractivity contribution is 5.76. The Hall–Kier alpha value is -1.91. The molecule has 106 valence electrons. The first kappa shape index (κ1) is 13.1. The summed E-state index contributed by atoms with van der Waals surface area (Å²) in [5.41, 5.74) is 1.61. The van der Waals surface area contributed by atoms with Gasteiger partial charge in [-0.1, -0.05) is 6.92 Å². The normalized spacial score (nSPS) is 16.5. The summed E-state index contributed by atoms with van der Waals surface area (Å²) in [6.45, 7) is 1.91. The molecule has 20 heavy (non-hydrogen) atoms. The standard InChI is InChI=1S/C15H17FN2O2/c1-9(7-15(19)20)6-14-17-12-5-2-10(16)8-13(12)18(14)11-3-4-11/h2,5,8-9,11H,3-4,6-7H2,1H3,(H,19,20). The third-order valence-electron chi connectivity index (χ3n) is 3.69. The highest BCUT2D eigenvalue weighted by Crippen LogP contribution is 2.39. The molecule has 2 aromatic rings. The third kappa shape index (κ3) is 2.53. The Labute approximate surface area is 116 Å². The molecular weight excluding hydrogens is 259 g/mol. The SMILES string of the molecule is CC(CC(=O)O)Cc1nc2ccc(F)cc2n1C1CC1. The highest BCUT2D eigenvalue weighted by Gasteiger charge is 2.28. The Morgan fingerprint density at radius 3 is 2.95 bits per heavy atom. The molecule has 0 bridgehead atoms. The van der Waals surface area contributed by atoms with Crippen molar-refractivity contribution in [1.29, 1.82) is 0 Å². The minimum atomic E-state index is -0.794. The van der Waals surface area contributed by atoms with Gasteiger partial charge in [0.05, 0.1) is 11.0 Å². The Kier molecular flexibility index (Phi) is 3.20. The van der Waals surface area contributed by atoms with Gasteiger partial charge in [0.25, 0.3) is 0 Å². The Morgan fingerprint density at radius 1 is 1.55 bits per heavy atom. The number of benzene rings is 1. The van der Waals surface area contributed by atoms with Gasteiger partial charge in [-0.05, 0) is 37.0 Å². The maximum absolute atomic E-state index is 13.4. The average molecular weight is 276 g/mol. The second-order valence-electron chi connectivity index (χ2n) is 5.67. The van der Waals surface area contributed by atoms with E-state index in [1.54, 1.807) is 6.07 Å². The maximum atomic E-state index is 13.4. The molecule has 1 fully saturated rings. The van der Waals surface area contributed by atoms with Crippen LogP contribution in [0.25, 0.3) is 11.0 Å². The lowest BCUT2D eigenvalue weighted by Gasteiger charge is -2.11. The van der Waals surface area contributed by atoms with Gasteiger partial charge < -0.3 is 9.67 Å². The smallest absolute Gasteiger partial charge is 0.303 e. The molecule has 3 rings (SSSR count). The van der Waals surface area contributed by atoms with E-state index < -0.39 is 5.97 Å². The number of aliphatic carboxylic acids is 1. The van der Waals surface area contributed by atoms with Gasteiger partial charge in [0.1, 0.15) is 11.6 Å². The molecule has 4 nitrogen and oxygen atoms in total. The van der Waals surface area contributed by atoms with Crippen molar-refractivity contribution in [2.45, 2.75) is 38.6 Å². The van der Waals surface area contributed by atoms with Crippen LogP contribution in [0.15, 0.2) is 18.2 Å². The van der Waals surface area contributed by atoms with Crippen molar-refractivity contribution >= 4 is 17.0 Å². The van der Waals surface area contributed by atoms with E-state index in [1.165, 1.54) is 12.1 Å². The van der Waals surface area contributed by atoms with E-state index >= 15 is 0 Å². The number of carboxylic acid groups (broad SMARTS) is 1. The molecule has 0 amide bonds. The van der Waals surface area contributed by atoms with Crippen molar-refractivity contribution in [3.05, 3.63) is 29.8 Å². The predicted molar refractivity (Wildman–Crippen MR) is 73.1 cm³/mol. The van der Waals surface area contributed by atoms with E-state index in [0.29, 0.717) is 12.5 Å². The third-order valence-corrected chi connectivity index (χ3v) is 3.69. The molecule has 0 radical (unpaired) electrons. The van der Waals surface area contributed by atoms with Crippen LogP contribution in [-0.2, 0) is 11.2 Å². The molecule has 1 aromatic carbocycles.